The second-order valence-electron chi connectivity index (χ2n) is 11.6. The van der Waals surface area contributed by atoms with Gasteiger partial charge < -0.3 is 38.7 Å². The van der Waals surface area contributed by atoms with Crippen LogP contribution in [-0.4, -0.2) is 76.7 Å². The normalized spacial score (nSPS) is 11.0. The number of rotatable bonds is 19. The highest BCUT2D eigenvalue weighted by Crippen LogP contribution is 2.43. The van der Waals surface area contributed by atoms with E-state index >= 15 is 0 Å². The minimum absolute atomic E-state index is 0.0729. The van der Waals surface area contributed by atoms with Gasteiger partial charge in [0, 0.05) is 48.4 Å². The van der Waals surface area contributed by atoms with Gasteiger partial charge in [-0.15, -0.1) is 0 Å². The van der Waals surface area contributed by atoms with Crippen molar-refractivity contribution in [2.24, 2.45) is 5.73 Å². The lowest BCUT2D eigenvalue weighted by atomic mass is 10.0. The molecule has 2 N–H and O–H groups in total. The van der Waals surface area contributed by atoms with Gasteiger partial charge in [-0.25, -0.2) is 4.98 Å². The Labute approximate surface area is 307 Å². The number of nitrogens with zero attached hydrogens (tertiary/aromatic N) is 2. The van der Waals surface area contributed by atoms with Crippen molar-refractivity contribution < 1.29 is 33.2 Å². The van der Waals surface area contributed by atoms with Crippen LogP contribution in [0.1, 0.15) is 28.8 Å². The highest BCUT2D eigenvalue weighted by molar-refractivity contribution is 9.10. The van der Waals surface area contributed by atoms with E-state index in [4.69, 9.17) is 39.1 Å². The third-order valence-electron chi connectivity index (χ3n) is 8.33. The summed E-state index contributed by atoms with van der Waals surface area (Å²) >= 11 is 3.68. The maximum atomic E-state index is 13.0. The number of hydrogen-bond donors (Lipinski definition) is 1. The molecule has 4 aromatic carbocycles. The highest BCUT2D eigenvalue weighted by Gasteiger charge is 2.24. The first kappa shape index (κ1) is 37.6. The van der Waals surface area contributed by atoms with Crippen molar-refractivity contribution in [3.63, 3.8) is 0 Å². The lowest BCUT2D eigenvalue weighted by Gasteiger charge is -2.16. The fourth-order valence-electron chi connectivity index (χ4n) is 5.73. The number of nitrogens with two attached hydrogens (primary N) is 1. The molecule has 0 saturated carbocycles. The molecule has 5 aromatic rings. The quantitative estimate of drug-likeness (QED) is 0.0669. The van der Waals surface area contributed by atoms with Crippen LogP contribution in [0.2, 0.25) is 0 Å². The van der Waals surface area contributed by atoms with E-state index in [9.17, 15) is 4.79 Å². The average Bonchev–Trinajstić information content (AvgIpc) is 3.54. The van der Waals surface area contributed by atoms with E-state index in [2.05, 4.69) is 20.5 Å². The van der Waals surface area contributed by atoms with Gasteiger partial charge in [0.25, 0.3) is 0 Å². The zero-order valence-corrected chi connectivity index (χ0v) is 31.0. The topological polar surface area (TPSA) is 116 Å². The fourth-order valence-corrected chi connectivity index (χ4v) is 6.33. The van der Waals surface area contributed by atoms with E-state index < -0.39 is 0 Å². The number of ether oxygens (including phenoxy) is 6. The van der Waals surface area contributed by atoms with Crippen molar-refractivity contribution in [1.29, 1.82) is 0 Å². The van der Waals surface area contributed by atoms with Gasteiger partial charge in [-0.3, -0.25) is 4.79 Å². The Morgan fingerprint density at radius 3 is 1.94 bits per heavy atom. The van der Waals surface area contributed by atoms with Gasteiger partial charge in [0.05, 0.1) is 64.1 Å². The largest absolute Gasteiger partial charge is 0.497 e. The molecule has 0 fully saturated rings. The number of aromatic nitrogens is 2. The summed E-state index contributed by atoms with van der Waals surface area (Å²) < 4.78 is 36.1. The second-order valence-corrected chi connectivity index (χ2v) is 12.5. The van der Waals surface area contributed by atoms with Crippen LogP contribution in [0.25, 0.3) is 33.9 Å². The molecule has 0 aliphatic carbocycles. The van der Waals surface area contributed by atoms with E-state index in [0.717, 1.165) is 55.4 Å². The summed E-state index contributed by atoms with van der Waals surface area (Å²) in [6.07, 6.45) is 1.03. The van der Waals surface area contributed by atoms with Crippen LogP contribution in [0.3, 0.4) is 0 Å². The number of halogens is 1. The molecule has 268 valence electrons. The van der Waals surface area contributed by atoms with Crippen molar-refractivity contribution in [1.82, 2.24) is 9.55 Å². The average molecular weight is 759 g/mol. The SMILES string of the molecule is COc1ccc(-c2nc(-c3cc(Br)c(OC)c(OC)c3)n(Cc3ccc(C(=O)CCCOCCOCCN)cc3)c2-c2ccc(OC)cc2)cc1. The standard InChI is InChI=1S/C40H44BrN3O7/c1-46-32-15-11-29(12-16-32)37-38(30-13-17-33(47-2)18-14-30)44(40(43-37)31-24-34(41)39(49-4)36(25-31)48-3)26-27-7-9-28(10-8-27)35(45)6-5-20-50-22-23-51-21-19-42/h7-18,24-25H,5-6,19-23,26,42H2,1-4H3. The maximum absolute atomic E-state index is 13.0. The van der Waals surface area contributed by atoms with Crippen molar-refractivity contribution >= 4 is 21.7 Å². The Hall–Kier alpha value is -4.68. The minimum atomic E-state index is 0.0729. The summed E-state index contributed by atoms with van der Waals surface area (Å²) in [4.78, 5) is 18.3. The summed E-state index contributed by atoms with van der Waals surface area (Å²) in [6.45, 7) is 2.95. The van der Waals surface area contributed by atoms with Gasteiger partial charge in [0.15, 0.2) is 17.3 Å². The molecule has 0 saturated heterocycles. The first-order valence-corrected chi connectivity index (χ1v) is 17.5. The monoisotopic (exact) mass is 757 g/mol. The number of benzene rings is 4. The molecule has 1 aromatic heterocycles. The van der Waals surface area contributed by atoms with Gasteiger partial charge in [-0.2, -0.15) is 0 Å². The van der Waals surface area contributed by atoms with Crippen LogP contribution in [0.15, 0.2) is 89.4 Å². The number of carbonyl (C=O) groups excluding carboxylic acids is 1. The highest BCUT2D eigenvalue weighted by atomic mass is 79.9. The minimum Gasteiger partial charge on any atom is -0.497 e. The molecular weight excluding hydrogens is 714 g/mol. The Kier molecular flexibility index (Phi) is 13.6. The zero-order valence-electron chi connectivity index (χ0n) is 29.4. The van der Waals surface area contributed by atoms with Crippen LogP contribution < -0.4 is 24.7 Å². The summed E-state index contributed by atoms with van der Waals surface area (Å²) in [5.41, 5.74) is 11.5. The molecule has 0 aliphatic heterocycles. The van der Waals surface area contributed by atoms with Crippen LogP contribution in [0.4, 0.5) is 0 Å². The van der Waals surface area contributed by atoms with Crippen LogP contribution in [0.5, 0.6) is 23.0 Å². The molecule has 11 heteroatoms. The zero-order chi connectivity index (χ0) is 36.2. The van der Waals surface area contributed by atoms with Crippen molar-refractivity contribution in [3.05, 3.63) is 101 Å². The smallest absolute Gasteiger partial charge is 0.174 e. The molecular formula is C40H44BrN3O7. The number of methoxy groups -OCH3 is 4. The Morgan fingerprint density at radius 2 is 1.35 bits per heavy atom. The van der Waals surface area contributed by atoms with E-state index in [1.54, 1.807) is 28.4 Å². The molecule has 1 heterocycles. The molecule has 0 atom stereocenters. The predicted octanol–water partition coefficient (Wildman–Crippen LogP) is 7.68. The third-order valence-corrected chi connectivity index (χ3v) is 8.92. The van der Waals surface area contributed by atoms with Gasteiger partial charge in [-0.1, -0.05) is 24.3 Å². The number of Topliss-reactive ketones (excluding diaryl/α,β-unsaturated/α-hetero) is 1. The molecule has 0 aliphatic rings. The van der Waals surface area contributed by atoms with E-state index in [1.165, 1.54) is 0 Å². The Balaban J connectivity index is 1.52. The van der Waals surface area contributed by atoms with E-state index in [1.807, 2.05) is 84.9 Å². The molecule has 0 unspecified atom stereocenters. The number of imidazole rings is 1. The second kappa shape index (κ2) is 18.5. The van der Waals surface area contributed by atoms with Crippen molar-refractivity contribution in [3.8, 4) is 56.9 Å². The summed E-state index contributed by atoms with van der Waals surface area (Å²) in [7, 11) is 6.52. The molecule has 0 spiro atoms. The molecule has 0 bridgehead atoms. The van der Waals surface area contributed by atoms with Gasteiger partial charge in [0.2, 0.25) is 0 Å². The molecule has 0 amide bonds. The number of hydrogen-bond acceptors (Lipinski definition) is 9. The molecule has 10 nitrogen and oxygen atoms in total. The third kappa shape index (κ3) is 9.36. The Morgan fingerprint density at radius 1 is 0.725 bits per heavy atom. The van der Waals surface area contributed by atoms with Crippen LogP contribution >= 0.6 is 15.9 Å². The summed E-state index contributed by atoms with van der Waals surface area (Å²) in [5, 5.41) is 0. The molecule has 51 heavy (non-hydrogen) atoms. The summed E-state index contributed by atoms with van der Waals surface area (Å²) in [6, 6.07) is 27.5. The van der Waals surface area contributed by atoms with Gasteiger partial charge >= 0.3 is 0 Å². The summed E-state index contributed by atoms with van der Waals surface area (Å²) in [5.74, 6) is 3.47. The first-order valence-electron chi connectivity index (χ1n) is 16.7. The molecule has 0 radical (unpaired) electrons. The fraction of sp³-hybridized carbons (Fsp3) is 0.300. The first-order chi connectivity index (χ1) is 24.9. The predicted molar refractivity (Wildman–Crippen MR) is 202 cm³/mol. The van der Waals surface area contributed by atoms with Gasteiger partial charge in [0.1, 0.15) is 17.3 Å². The lowest BCUT2D eigenvalue weighted by molar-refractivity contribution is 0.0489. The van der Waals surface area contributed by atoms with Crippen molar-refractivity contribution in [2.45, 2.75) is 19.4 Å². The van der Waals surface area contributed by atoms with Crippen LogP contribution in [-0.2, 0) is 16.0 Å². The number of carbonyl (C=O) groups is 1. The van der Waals surface area contributed by atoms with Crippen molar-refractivity contribution in [2.75, 3.05) is 61.4 Å². The van der Waals surface area contributed by atoms with E-state index in [-0.39, 0.29) is 5.78 Å². The lowest BCUT2D eigenvalue weighted by Crippen LogP contribution is -2.12. The molecule has 5 rings (SSSR count). The number of ketones is 1. The van der Waals surface area contributed by atoms with Gasteiger partial charge in [-0.05, 0) is 88.6 Å². The van der Waals surface area contributed by atoms with Crippen LogP contribution in [0, 0.1) is 0 Å². The Bertz CT molecular complexity index is 1870. The van der Waals surface area contributed by atoms with E-state index in [0.29, 0.717) is 69.4 Å². The maximum Gasteiger partial charge on any atom is 0.174 e.